The van der Waals surface area contributed by atoms with Gasteiger partial charge in [0.15, 0.2) is 0 Å². The molecule has 0 radical (unpaired) electrons. The summed E-state index contributed by atoms with van der Waals surface area (Å²) in [7, 11) is 1.60. The molecule has 0 saturated heterocycles. The van der Waals surface area contributed by atoms with Crippen LogP contribution in [0.4, 0.5) is 11.4 Å². The van der Waals surface area contributed by atoms with Gasteiger partial charge in [-0.1, -0.05) is 6.07 Å². The molecular formula is C15H17N3O2S. The minimum absolute atomic E-state index is 0.0868. The molecular weight excluding hydrogens is 286 g/mol. The molecule has 1 aromatic heterocycles. The van der Waals surface area contributed by atoms with Crippen LogP contribution in [0.2, 0.25) is 0 Å². The molecule has 1 aromatic carbocycles. The summed E-state index contributed by atoms with van der Waals surface area (Å²) in [6.07, 6.45) is 0. The van der Waals surface area contributed by atoms with Gasteiger partial charge in [0.2, 0.25) is 5.91 Å². The van der Waals surface area contributed by atoms with Gasteiger partial charge in [0.05, 0.1) is 12.2 Å². The van der Waals surface area contributed by atoms with Crippen molar-refractivity contribution in [2.24, 2.45) is 0 Å². The van der Waals surface area contributed by atoms with E-state index in [-0.39, 0.29) is 11.8 Å². The molecule has 2 rings (SSSR count). The van der Waals surface area contributed by atoms with Crippen LogP contribution in [0.5, 0.6) is 0 Å². The van der Waals surface area contributed by atoms with E-state index < -0.39 is 0 Å². The molecule has 2 amide bonds. The van der Waals surface area contributed by atoms with Crippen LogP contribution in [0.1, 0.15) is 22.2 Å². The highest BCUT2D eigenvalue weighted by atomic mass is 32.1. The lowest BCUT2D eigenvalue weighted by Gasteiger charge is -2.09. The lowest BCUT2D eigenvalue weighted by atomic mass is 10.2. The second-order valence-corrected chi connectivity index (χ2v) is 5.45. The summed E-state index contributed by atoms with van der Waals surface area (Å²) in [5, 5.41) is 10.6. The summed E-state index contributed by atoms with van der Waals surface area (Å²) in [6, 6.07) is 9.17. The molecule has 21 heavy (non-hydrogen) atoms. The van der Waals surface area contributed by atoms with Gasteiger partial charge in [-0.05, 0) is 29.6 Å². The van der Waals surface area contributed by atoms with Crippen LogP contribution in [-0.4, -0.2) is 18.9 Å². The van der Waals surface area contributed by atoms with E-state index in [0.29, 0.717) is 12.1 Å². The van der Waals surface area contributed by atoms with E-state index in [1.807, 2.05) is 23.6 Å². The standard InChI is InChI=1S/C15H17N3O2S/c1-10(19)18-13-6-7-21-14(13)9-17-12-5-3-4-11(8-12)15(20)16-2/h3-8,17H,9H2,1-2H3,(H,16,20)(H,18,19). The molecule has 0 unspecified atom stereocenters. The van der Waals surface area contributed by atoms with Gasteiger partial charge in [0, 0.05) is 30.1 Å². The molecule has 0 aliphatic heterocycles. The molecule has 110 valence electrons. The summed E-state index contributed by atoms with van der Waals surface area (Å²) in [5.41, 5.74) is 2.29. The lowest BCUT2D eigenvalue weighted by Crippen LogP contribution is -2.17. The van der Waals surface area contributed by atoms with Crippen molar-refractivity contribution >= 4 is 34.5 Å². The number of hydrogen-bond donors (Lipinski definition) is 3. The first-order chi connectivity index (χ1) is 10.1. The predicted molar refractivity (Wildman–Crippen MR) is 85.8 cm³/mol. The number of anilines is 2. The summed E-state index contributed by atoms with van der Waals surface area (Å²) >= 11 is 1.57. The van der Waals surface area contributed by atoms with Crippen molar-refractivity contribution in [3.63, 3.8) is 0 Å². The van der Waals surface area contributed by atoms with Crippen LogP contribution in [0.25, 0.3) is 0 Å². The number of hydrogen-bond acceptors (Lipinski definition) is 4. The van der Waals surface area contributed by atoms with E-state index in [4.69, 9.17) is 0 Å². The highest BCUT2D eigenvalue weighted by molar-refractivity contribution is 7.10. The van der Waals surface area contributed by atoms with Crippen LogP contribution in [0.3, 0.4) is 0 Å². The third-order valence-electron chi connectivity index (χ3n) is 2.86. The van der Waals surface area contributed by atoms with Gasteiger partial charge in [-0.3, -0.25) is 9.59 Å². The molecule has 3 N–H and O–H groups in total. The quantitative estimate of drug-likeness (QED) is 0.795. The largest absolute Gasteiger partial charge is 0.380 e. The number of rotatable bonds is 5. The van der Waals surface area contributed by atoms with Crippen molar-refractivity contribution in [2.45, 2.75) is 13.5 Å². The van der Waals surface area contributed by atoms with Crippen LogP contribution in [0, 0.1) is 0 Å². The van der Waals surface area contributed by atoms with E-state index in [0.717, 1.165) is 16.3 Å². The van der Waals surface area contributed by atoms with Crippen molar-refractivity contribution in [2.75, 3.05) is 17.7 Å². The Morgan fingerprint density at radius 3 is 2.76 bits per heavy atom. The number of amides is 2. The highest BCUT2D eigenvalue weighted by Gasteiger charge is 2.07. The van der Waals surface area contributed by atoms with Crippen molar-refractivity contribution in [1.29, 1.82) is 0 Å². The average Bonchev–Trinajstić information content (AvgIpc) is 2.91. The lowest BCUT2D eigenvalue weighted by molar-refractivity contribution is -0.114. The fourth-order valence-corrected chi connectivity index (χ4v) is 2.65. The minimum Gasteiger partial charge on any atom is -0.380 e. The van der Waals surface area contributed by atoms with Crippen molar-refractivity contribution in [1.82, 2.24) is 5.32 Å². The van der Waals surface area contributed by atoms with E-state index in [1.165, 1.54) is 6.92 Å². The molecule has 2 aromatic rings. The minimum atomic E-state index is -0.117. The average molecular weight is 303 g/mol. The number of thiophene rings is 1. The molecule has 0 spiro atoms. The van der Waals surface area contributed by atoms with Gasteiger partial charge in [0.25, 0.3) is 5.91 Å². The Balaban J connectivity index is 2.05. The smallest absolute Gasteiger partial charge is 0.251 e. The first-order valence-corrected chi connectivity index (χ1v) is 7.38. The van der Waals surface area contributed by atoms with Crippen LogP contribution in [-0.2, 0) is 11.3 Å². The van der Waals surface area contributed by atoms with Crippen molar-refractivity contribution in [3.8, 4) is 0 Å². The Morgan fingerprint density at radius 1 is 1.24 bits per heavy atom. The molecule has 0 aliphatic carbocycles. The van der Waals surface area contributed by atoms with E-state index >= 15 is 0 Å². The Labute approximate surface area is 127 Å². The Bertz CT molecular complexity index is 652. The zero-order valence-corrected chi connectivity index (χ0v) is 12.7. The Kier molecular flexibility index (Phi) is 4.94. The van der Waals surface area contributed by atoms with E-state index in [9.17, 15) is 9.59 Å². The molecule has 0 atom stereocenters. The first kappa shape index (κ1) is 15.1. The second kappa shape index (κ2) is 6.90. The Hall–Kier alpha value is -2.34. The second-order valence-electron chi connectivity index (χ2n) is 4.45. The van der Waals surface area contributed by atoms with Crippen LogP contribution in [0.15, 0.2) is 35.7 Å². The van der Waals surface area contributed by atoms with Gasteiger partial charge in [-0.15, -0.1) is 11.3 Å². The monoisotopic (exact) mass is 303 g/mol. The molecule has 5 nitrogen and oxygen atoms in total. The maximum atomic E-state index is 11.6. The number of carbonyl (C=O) groups excluding carboxylic acids is 2. The predicted octanol–water partition coefficient (Wildman–Crippen LogP) is 2.68. The first-order valence-electron chi connectivity index (χ1n) is 6.50. The summed E-state index contributed by atoms with van der Waals surface area (Å²) in [4.78, 5) is 23.7. The summed E-state index contributed by atoms with van der Waals surface area (Å²) in [5.74, 6) is -0.204. The zero-order chi connectivity index (χ0) is 15.2. The molecule has 0 fully saturated rings. The van der Waals surface area contributed by atoms with Gasteiger partial charge < -0.3 is 16.0 Å². The van der Waals surface area contributed by atoms with Gasteiger partial charge in [0.1, 0.15) is 0 Å². The summed E-state index contributed by atoms with van der Waals surface area (Å²) in [6.45, 7) is 2.08. The third-order valence-corrected chi connectivity index (χ3v) is 3.78. The SMILES string of the molecule is CNC(=O)c1cccc(NCc2sccc2NC(C)=O)c1. The fraction of sp³-hybridized carbons (Fsp3) is 0.200. The molecule has 0 bridgehead atoms. The number of nitrogens with one attached hydrogen (secondary N) is 3. The van der Waals surface area contributed by atoms with E-state index in [2.05, 4.69) is 16.0 Å². The van der Waals surface area contributed by atoms with Gasteiger partial charge >= 0.3 is 0 Å². The third kappa shape index (κ3) is 4.06. The maximum absolute atomic E-state index is 11.6. The number of benzene rings is 1. The fourth-order valence-electron chi connectivity index (χ4n) is 1.88. The maximum Gasteiger partial charge on any atom is 0.251 e. The summed E-state index contributed by atoms with van der Waals surface area (Å²) < 4.78 is 0. The van der Waals surface area contributed by atoms with Crippen molar-refractivity contribution in [3.05, 3.63) is 46.2 Å². The molecule has 0 aliphatic rings. The van der Waals surface area contributed by atoms with E-state index in [1.54, 1.807) is 30.5 Å². The van der Waals surface area contributed by atoms with Gasteiger partial charge in [-0.25, -0.2) is 0 Å². The Morgan fingerprint density at radius 2 is 2.05 bits per heavy atom. The van der Waals surface area contributed by atoms with Gasteiger partial charge in [-0.2, -0.15) is 0 Å². The number of carbonyl (C=O) groups is 2. The van der Waals surface area contributed by atoms with Crippen molar-refractivity contribution < 1.29 is 9.59 Å². The topological polar surface area (TPSA) is 70.2 Å². The molecule has 1 heterocycles. The zero-order valence-electron chi connectivity index (χ0n) is 11.9. The van der Waals surface area contributed by atoms with Crippen LogP contribution >= 0.6 is 11.3 Å². The molecule has 0 saturated carbocycles. The molecule has 6 heteroatoms. The van der Waals surface area contributed by atoms with Crippen LogP contribution < -0.4 is 16.0 Å². The highest BCUT2D eigenvalue weighted by Crippen LogP contribution is 2.23. The normalized spacial score (nSPS) is 10.0.